The van der Waals surface area contributed by atoms with Crippen molar-refractivity contribution in [3.05, 3.63) is 11.9 Å². The van der Waals surface area contributed by atoms with Crippen LogP contribution in [0.4, 0.5) is 11.6 Å². The molecule has 1 heterocycles. The van der Waals surface area contributed by atoms with Gasteiger partial charge in [0, 0.05) is 12.0 Å². The maximum atomic E-state index is 5.80. The van der Waals surface area contributed by atoms with Gasteiger partial charge in [0.25, 0.3) is 0 Å². The average molecular weight is 246 g/mol. The zero-order valence-electron chi connectivity index (χ0n) is 11.4. The number of hydrogen-bond acceptors (Lipinski definition) is 4. The minimum Gasteiger partial charge on any atom is -0.384 e. The monoisotopic (exact) mass is 246 g/mol. The molecule has 98 valence electrons. The standard InChI is InChI=1S/C14H22N4/c1-13(2)8-4-5-14(13,3)9(6-8)12-17-10(15)7-11(16)18-12/h7-9H,4-6H2,1-3H3,(H4,15,16,17,18)/t8-,9+,14-/m1/s1. The third-order valence-electron chi connectivity index (χ3n) is 5.89. The Kier molecular flexibility index (Phi) is 2.20. The van der Waals surface area contributed by atoms with Gasteiger partial charge in [0.05, 0.1) is 0 Å². The number of hydrogen-bond donors (Lipinski definition) is 2. The second-order valence-electron chi connectivity index (χ2n) is 6.74. The number of nitrogens with two attached hydrogens (primary N) is 2. The fourth-order valence-electron chi connectivity index (χ4n) is 4.26. The molecule has 4 nitrogen and oxygen atoms in total. The first kappa shape index (κ1) is 11.8. The number of nitrogen functional groups attached to an aromatic ring is 2. The molecule has 2 aliphatic carbocycles. The van der Waals surface area contributed by atoms with Gasteiger partial charge in [-0.15, -0.1) is 0 Å². The van der Waals surface area contributed by atoms with Gasteiger partial charge in [-0.25, -0.2) is 9.97 Å². The second kappa shape index (κ2) is 3.37. The van der Waals surface area contributed by atoms with E-state index in [2.05, 4.69) is 30.7 Å². The minimum atomic E-state index is 0.276. The van der Waals surface area contributed by atoms with Crippen LogP contribution < -0.4 is 11.5 Å². The summed E-state index contributed by atoms with van der Waals surface area (Å²) < 4.78 is 0. The van der Waals surface area contributed by atoms with E-state index in [0.717, 1.165) is 11.7 Å². The van der Waals surface area contributed by atoms with E-state index in [0.29, 0.717) is 23.0 Å². The molecule has 2 fully saturated rings. The maximum absolute atomic E-state index is 5.80. The molecule has 3 atom stereocenters. The van der Waals surface area contributed by atoms with Crippen molar-refractivity contribution in [2.45, 2.75) is 46.0 Å². The van der Waals surface area contributed by atoms with Crippen molar-refractivity contribution in [1.29, 1.82) is 0 Å². The van der Waals surface area contributed by atoms with Gasteiger partial charge in [0.2, 0.25) is 0 Å². The number of nitrogens with zero attached hydrogens (tertiary/aromatic N) is 2. The zero-order chi connectivity index (χ0) is 13.1. The van der Waals surface area contributed by atoms with E-state index in [9.17, 15) is 0 Å². The molecule has 4 heteroatoms. The SMILES string of the molecule is CC1(C)[C@@H]2CC[C@]1(C)[C@H](c1nc(N)cc(N)n1)C2. The quantitative estimate of drug-likeness (QED) is 0.798. The molecule has 0 unspecified atom stereocenters. The lowest BCUT2D eigenvalue weighted by Crippen LogP contribution is -2.32. The molecule has 4 N–H and O–H groups in total. The number of rotatable bonds is 1. The van der Waals surface area contributed by atoms with Crippen molar-refractivity contribution in [3.63, 3.8) is 0 Å². The Balaban J connectivity index is 2.05. The van der Waals surface area contributed by atoms with Crippen LogP contribution in [0.1, 0.15) is 51.8 Å². The number of fused-ring (bicyclic) bond motifs is 2. The van der Waals surface area contributed by atoms with E-state index in [-0.39, 0.29) is 5.41 Å². The molecule has 2 bridgehead atoms. The highest BCUT2D eigenvalue weighted by Gasteiger charge is 2.62. The van der Waals surface area contributed by atoms with Gasteiger partial charge in [-0.2, -0.15) is 0 Å². The summed E-state index contributed by atoms with van der Waals surface area (Å²) in [6.45, 7) is 7.16. The lowest BCUT2D eigenvalue weighted by molar-refractivity contribution is 0.132. The molecule has 18 heavy (non-hydrogen) atoms. The van der Waals surface area contributed by atoms with Gasteiger partial charge in [-0.1, -0.05) is 20.8 Å². The second-order valence-corrected chi connectivity index (χ2v) is 6.74. The predicted octanol–water partition coefficient (Wildman–Crippen LogP) is 2.57. The maximum Gasteiger partial charge on any atom is 0.136 e. The molecule has 0 spiro atoms. The Morgan fingerprint density at radius 2 is 1.78 bits per heavy atom. The molecule has 0 aromatic carbocycles. The molecule has 0 radical (unpaired) electrons. The summed E-state index contributed by atoms with van der Waals surface area (Å²) in [5.41, 5.74) is 12.2. The molecule has 1 aromatic rings. The highest BCUT2D eigenvalue weighted by molar-refractivity contribution is 5.42. The zero-order valence-corrected chi connectivity index (χ0v) is 11.4. The largest absolute Gasteiger partial charge is 0.384 e. The molecule has 0 amide bonds. The molecule has 2 aliphatic rings. The molecule has 2 saturated carbocycles. The van der Waals surface area contributed by atoms with Crippen LogP contribution in [0.5, 0.6) is 0 Å². The Bertz CT molecular complexity index is 476. The fraction of sp³-hybridized carbons (Fsp3) is 0.714. The van der Waals surface area contributed by atoms with Crippen molar-refractivity contribution in [3.8, 4) is 0 Å². The number of anilines is 2. The molecular weight excluding hydrogens is 224 g/mol. The van der Waals surface area contributed by atoms with Crippen LogP contribution in [0.15, 0.2) is 6.07 Å². The van der Waals surface area contributed by atoms with Gasteiger partial charge >= 0.3 is 0 Å². The number of aromatic nitrogens is 2. The first-order valence-electron chi connectivity index (χ1n) is 6.74. The van der Waals surface area contributed by atoms with Crippen molar-refractivity contribution in [2.75, 3.05) is 11.5 Å². The lowest BCUT2D eigenvalue weighted by atomic mass is 9.66. The van der Waals surface area contributed by atoms with Crippen molar-refractivity contribution < 1.29 is 0 Å². The van der Waals surface area contributed by atoms with Crippen LogP contribution >= 0.6 is 0 Å². The van der Waals surface area contributed by atoms with Gasteiger partial charge in [0.15, 0.2) is 0 Å². The van der Waals surface area contributed by atoms with E-state index >= 15 is 0 Å². The summed E-state index contributed by atoms with van der Waals surface area (Å²) >= 11 is 0. The summed E-state index contributed by atoms with van der Waals surface area (Å²) in [5, 5.41) is 0. The van der Waals surface area contributed by atoms with E-state index in [1.165, 1.54) is 19.3 Å². The topological polar surface area (TPSA) is 77.8 Å². The van der Waals surface area contributed by atoms with Crippen LogP contribution in [-0.4, -0.2) is 9.97 Å². The third kappa shape index (κ3) is 1.32. The van der Waals surface area contributed by atoms with Crippen LogP contribution in [0.25, 0.3) is 0 Å². The Morgan fingerprint density at radius 3 is 2.22 bits per heavy atom. The normalized spacial score (nSPS) is 37.1. The van der Waals surface area contributed by atoms with Gasteiger partial charge in [-0.3, -0.25) is 0 Å². The van der Waals surface area contributed by atoms with Crippen LogP contribution in [0.2, 0.25) is 0 Å². The Labute approximate surface area is 108 Å². The lowest BCUT2D eigenvalue weighted by Gasteiger charge is -2.38. The van der Waals surface area contributed by atoms with Crippen LogP contribution in [-0.2, 0) is 0 Å². The summed E-state index contributed by atoms with van der Waals surface area (Å²) in [5.74, 6) is 3.00. The molecule has 3 rings (SSSR count). The van der Waals surface area contributed by atoms with Crippen molar-refractivity contribution in [2.24, 2.45) is 16.7 Å². The van der Waals surface area contributed by atoms with Gasteiger partial charge in [-0.05, 0) is 36.0 Å². The van der Waals surface area contributed by atoms with Crippen LogP contribution in [0.3, 0.4) is 0 Å². The van der Waals surface area contributed by atoms with E-state index in [1.807, 2.05) is 0 Å². The predicted molar refractivity (Wildman–Crippen MR) is 72.8 cm³/mol. The van der Waals surface area contributed by atoms with Gasteiger partial charge in [0.1, 0.15) is 17.5 Å². The van der Waals surface area contributed by atoms with E-state index in [1.54, 1.807) is 6.07 Å². The summed E-state index contributed by atoms with van der Waals surface area (Å²) in [7, 11) is 0. The molecular formula is C14H22N4. The first-order chi connectivity index (χ1) is 8.34. The van der Waals surface area contributed by atoms with E-state index in [4.69, 9.17) is 11.5 Å². The van der Waals surface area contributed by atoms with Crippen molar-refractivity contribution in [1.82, 2.24) is 9.97 Å². The highest BCUT2D eigenvalue weighted by atomic mass is 15.0. The third-order valence-corrected chi connectivity index (χ3v) is 5.89. The summed E-state index contributed by atoms with van der Waals surface area (Å²) in [6, 6.07) is 1.63. The minimum absolute atomic E-state index is 0.276. The van der Waals surface area contributed by atoms with Crippen molar-refractivity contribution >= 4 is 11.6 Å². The fourth-order valence-corrected chi connectivity index (χ4v) is 4.26. The summed E-state index contributed by atoms with van der Waals surface area (Å²) in [6.07, 6.45) is 3.76. The first-order valence-corrected chi connectivity index (χ1v) is 6.74. The molecule has 1 aromatic heterocycles. The Hall–Kier alpha value is -1.32. The van der Waals surface area contributed by atoms with Gasteiger partial charge < -0.3 is 11.5 Å². The smallest absolute Gasteiger partial charge is 0.136 e. The average Bonchev–Trinajstić information content (AvgIpc) is 2.59. The summed E-state index contributed by atoms with van der Waals surface area (Å²) in [4.78, 5) is 8.86. The molecule has 0 saturated heterocycles. The van der Waals surface area contributed by atoms with E-state index < -0.39 is 0 Å². The van der Waals surface area contributed by atoms with Crippen LogP contribution in [0, 0.1) is 16.7 Å². The molecule has 0 aliphatic heterocycles. The Morgan fingerprint density at radius 1 is 1.17 bits per heavy atom. The highest BCUT2D eigenvalue weighted by Crippen LogP contribution is 2.70.